The van der Waals surface area contributed by atoms with Crippen molar-refractivity contribution in [3.8, 4) is 22.4 Å². The Kier molecular flexibility index (Phi) is 4.11. The van der Waals surface area contributed by atoms with Crippen molar-refractivity contribution in [2.75, 3.05) is 0 Å². The fourth-order valence-corrected chi connectivity index (χ4v) is 2.66. The van der Waals surface area contributed by atoms with Crippen LogP contribution in [0.5, 0.6) is 0 Å². The maximum absolute atomic E-state index is 4.58. The van der Waals surface area contributed by atoms with Crippen molar-refractivity contribution in [3.63, 3.8) is 0 Å². The summed E-state index contributed by atoms with van der Waals surface area (Å²) in [5, 5.41) is 0. The molecule has 0 aliphatic heterocycles. The maximum Gasteiger partial charge on any atom is 0.130 e. The molecule has 3 rings (SSSR count). The van der Waals surface area contributed by atoms with E-state index in [0.29, 0.717) is 0 Å². The van der Waals surface area contributed by atoms with Gasteiger partial charge in [-0.15, -0.1) is 0 Å². The predicted molar refractivity (Wildman–Crippen MR) is 90.0 cm³/mol. The molecule has 0 unspecified atom stereocenters. The normalized spacial score (nSPS) is 10.6. The van der Waals surface area contributed by atoms with Crippen molar-refractivity contribution in [2.45, 2.75) is 13.3 Å². The molecule has 0 radical (unpaired) electrons. The van der Waals surface area contributed by atoms with Crippen LogP contribution >= 0.6 is 15.9 Å². The molecule has 0 saturated carbocycles. The zero-order valence-electron chi connectivity index (χ0n) is 11.8. The molecule has 2 nitrogen and oxygen atoms in total. The Bertz CT molecular complexity index is 737. The first-order chi connectivity index (χ1) is 10.3. The van der Waals surface area contributed by atoms with Crippen LogP contribution in [-0.2, 0) is 6.42 Å². The number of rotatable bonds is 3. The molecule has 1 heterocycles. The van der Waals surface area contributed by atoms with Gasteiger partial charge in [0.25, 0.3) is 0 Å². The average Bonchev–Trinajstić information content (AvgIpc) is 2.55. The number of hydrogen-bond donors (Lipinski definition) is 0. The molecule has 3 aromatic rings. The highest BCUT2D eigenvalue weighted by molar-refractivity contribution is 9.10. The zero-order valence-corrected chi connectivity index (χ0v) is 13.3. The molecule has 21 heavy (non-hydrogen) atoms. The van der Waals surface area contributed by atoms with Crippen molar-refractivity contribution in [3.05, 3.63) is 71.1 Å². The zero-order chi connectivity index (χ0) is 14.7. The molecule has 2 aromatic carbocycles. The molecule has 3 heteroatoms. The van der Waals surface area contributed by atoms with Crippen molar-refractivity contribution >= 4 is 15.9 Å². The number of halogens is 1. The molecular formula is C18H15BrN2. The minimum absolute atomic E-state index is 0.828. The number of aryl methyl sites for hydroxylation is 1. The van der Waals surface area contributed by atoms with Gasteiger partial charge < -0.3 is 0 Å². The molecule has 0 fully saturated rings. The number of nitrogens with zero attached hydrogens (tertiary/aromatic N) is 2. The first-order valence-corrected chi connectivity index (χ1v) is 7.75. The van der Waals surface area contributed by atoms with Crippen LogP contribution < -0.4 is 0 Å². The Morgan fingerprint density at radius 3 is 2.10 bits per heavy atom. The lowest BCUT2D eigenvalue weighted by Gasteiger charge is -2.06. The second-order valence-electron chi connectivity index (χ2n) is 4.79. The molecule has 0 aliphatic rings. The average molecular weight is 339 g/mol. The standard InChI is InChI=1S/C18H15BrN2/c1-2-18-20-16(12-17(19)21-18)15-10-8-14(9-11-15)13-6-4-3-5-7-13/h3-12H,2H2,1H3. The van der Waals surface area contributed by atoms with Crippen LogP contribution in [-0.4, -0.2) is 9.97 Å². The minimum Gasteiger partial charge on any atom is -0.233 e. The SMILES string of the molecule is CCc1nc(Br)cc(-c2ccc(-c3ccccc3)cc2)n1. The lowest BCUT2D eigenvalue weighted by Crippen LogP contribution is -1.95. The first kappa shape index (κ1) is 14.0. The highest BCUT2D eigenvalue weighted by atomic mass is 79.9. The summed E-state index contributed by atoms with van der Waals surface area (Å²) in [6.07, 6.45) is 0.828. The quantitative estimate of drug-likeness (QED) is 0.618. The summed E-state index contributed by atoms with van der Waals surface area (Å²) in [4.78, 5) is 8.93. The van der Waals surface area contributed by atoms with Crippen LogP contribution in [0.3, 0.4) is 0 Å². The summed E-state index contributed by atoms with van der Waals surface area (Å²) in [6.45, 7) is 2.06. The van der Waals surface area contributed by atoms with E-state index in [2.05, 4.69) is 81.4 Å². The number of hydrogen-bond acceptors (Lipinski definition) is 2. The second kappa shape index (κ2) is 6.19. The van der Waals surface area contributed by atoms with Gasteiger partial charge in [-0.3, -0.25) is 0 Å². The van der Waals surface area contributed by atoms with E-state index >= 15 is 0 Å². The van der Waals surface area contributed by atoms with Crippen LogP contribution in [0.15, 0.2) is 65.3 Å². The van der Waals surface area contributed by atoms with Gasteiger partial charge in [-0.1, -0.05) is 61.5 Å². The van der Waals surface area contributed by atoms with E-state index < -0.39 is 0 Å². The van der Waals surface area contributed by atoms with Crippen LogP contribution in [0.1, 0.15) is 12.7 Å². The predicted octanol–water partition coefficient (Wildman–Crippen LogP) is 5.14. The minimum atomic E-state index is 0.828. The lowest BCUT2D eigenvalue weighted by atomic mass is 10.0. The summed E-state index contributed by atoms with van der Waals surface area (Å²) >= 11 is 3.45. The third-order valence-electron chi connectivity index (χ3n) is 3.35. The smallest absolute Gasteiger partial charge is 0.130 e. The van der Waals surface area contributed by atoms with Gasteiger partial charge in [0.1, 0.15) is 10.4 Å². The fraction of sp³-hybridized carbons (Fsp3) is 0.111. The van der Waals surface area contributed by atoms with E-state index in [1.807, 2.05) is 12.1 Å². The summed E-state index contributed by atoms with van der Waals surface area (Å²) in [6, 6.07) is 20.8. The van der Waals surface area contributed by atoms with Gasteiger partial charge in [0, 0.05) is 12.0 Å². The molecule has 0 N–H and O–H groups in total. The lowest BCUT2D eigenvalue weighted by molar-refractivity contribution is 0.932. The molecule has 0 saturated heterocycles. The van der Waals surface area contributed by atoms with Gasteiger partial charge >= 0.3 is 0 Å². The summed E-state index contributed by atoms with van der Waals surface area (Å²) in [7, 11) is 0. The Balaban J connectivity index is 1.96. The monoisotopic (exact) mass is 338 g/mol. The highest BCUT2D eigenvalue weighted by Crippen LogP contribution is 2.25. The van der Waals surface area contributed by atoms with Gasteiger partial charge in [0.15, 0.2) is 0 Å². The van der Waals surface area contributed by atoms with E-state index in [1.165, 1.54) is 11.1 Å². The van der Waals surface area contributed by atoms with Crippen molar-refractivity contribution in [1.82, 2.24) is 9.97 Å². The van der Waals surface area contributed by atoms with E-state index in [9.17, 15) is 0 Å². The Morgan fingerprint density at radius 1 is 0.810 bits per heavy atom. The molecule has 0 atom stereocenters. The molecule has 0 amide bonds. The summed E-state index contributed by atoms with van der Waals surface area (Å²) in [5.41, 5.74) is 4.49. The number of benzene rings is 2. The summed E-state index contributed by atoms with van der Waals surface area (Å²) < 4.78 is 0.830. The topological polar surface area (TPSA) is 25.8 Å². The maximum atomic E-state index is 4.58. The van der Waals surface area contributed by atoms with Crippen molar-refractivity contribution in [1.29, 1.82) is 0 Å². The molecule has 104 valence electrons. The van der Waals surface area contributed by atoms with Crippen LogP contribution in [0, 0.1) is 0 Å². The van der Waals surface area contributed by atoms with Gasteiger partial charge in [-0.25, -0.2) is 9.97 Å². The molecule has 0 bridgehead atoms. The Hall–Kier alpha value is -2.00. The number of aromatic nitrogens is 2. The van der Waals surface area contributed by atoms with Gasteiger partial charge in [0.2, 0.25) is 0 Å². The van der Waals surface area contributed by atoms with E-state index in [1.54, 1.807) is 0 Å². The largest absolute Gasteiger partial charge is 0.233 e. The fourth-order valence-electron chi connectivity index (χ4n) is 2.23. The van der Waals surface area contributed by atoms with Gasteiger partial charge in [0.05, 0.1) is 5.69 Å². The Labute approximate surface area is 133 Å². The van der Waals surface area contributed by atoms with Crippen LogP contribution in [0.2, 0.25) is 0 Å². The molecule has 0 spiro atoms. The van der Waals surface area contributed by atoms with Gasteiger partial charge in [-0.2, -0.15) is 0 Å². The molecular weight excluding hydrogens is 324 g/mol. The first-order valence-electron chi connectivity index (χ1n) is 6.95. The Morgan fingerprint density at radius 2 is 1.43 bits per heavy atom. The highest BCUT2D eigenvalue weighted by Gasteiger charge is 2.05. The second-order valence-corrected chi connectivity index (χ2v) is 5.60. The summed E-state index contributed by atoms with van der Waals surface area (Å²) in [5.74, 6) is 0.853. The van der Waals surface area contributed by atoms with Crippen molar-refractivity contribution in [2.24, 2.45) is 0 Å². The third kappa shape index (κ3) is 3.19. The van der Waals surface area contributed by atoms with E-state index in [0.717, 1.165) is 28.1 Å². The molecule has 0 aliphatic carbocycles. The van der Waals surface area contributed by atoms with Gasteiger partial charge in [-0.05, 0) is 33.1 Å². The van der Waals surface area contributed by atoms with E-state index in [-0.39, 0.29) is 0 Å². The van der Waals surface area contributed by atoms with Crippen molar-refractivity contribution < 1.29 is 0 Å². The van der Waals surface area contributed by atoms with Crippen LogP contribution in [0.4, 0.5) is 0 Å². The molecule has 1 aromatic heterocycles. The van der Waals surface area contributed by atoms with E-state index in [4.69, 9.17) is 0 Å². The third-order valence-corrected chi connectivity index (χ3v) is 3.75. The van der Waals surface area contributed by atoms with Crippen LogP contribution in [0.25, 0.3) is 22.4 Å².